The molecule has 1 aromatic heterocycles. The Balaban J connectivity index is 3.33. The minimum Gasteiger partial charge on any atom is -0.505 e. The van der Waals surface area contributed by atoms with Gasteiger partial charge in [-0.15, -0.1) is 0 Å². The predicted octanol–water partition coefficient (Wildman–Crippen LogP) is 1.62. The Labute approximate surface area is 67.8 Å². The van der Waals surface area contributed by atoms with Crippen LogP contribution in [-0.2, 0) is 0 Å². The van der Waals surface area contributed by atoms with E-state index in [9.17, 15) is 8.78 Å². The fourth-order valence-electron chi connectivity index (χ4n) is 0.858. The van der Waals surface area contributed by atoms with Crippen molar-refractivity contribution in [2.45, 2.75) is 13.3 Å². The number of halogens is 2. The normalized spacial score (nSPS) is 10.7. The molecular weight excluding hydrogens is 166 g/mol. The molecule has 1 aromatic rings. The highest BCUT2D eigenvalue weighted by atomic mass is 19.3. The van der Waals surface area contributed by atoms with Gasteiger partial charge in [-0.25, -0.2) is 8.78 Å². The number of hydrogen-bond donors (Lipinski definition) is 2. The molecule has 0 saturated carbocycles. The Kier molecular flexibility index (Phi) is 2.12. The second kappa shape index (κ2) is 2.92. The summed E-state index contributed by atoms with van der Waals surface area (Å²) in [6.07, 6.45) is -1.66. The molecule has 3 N–H and O–H groups in total. The number of nitrogens with two attached hydrogens (primary N) is 1. The van der Waals surface area contributed by atoms with E-state index in [0.29, 0.717) is 0 Å². The van der Waals surface area contributed by atoms with Crippen molar-refractivity contribution in [2.75, 3.05) is 5.73 Å². The first-order valence-corrected chi connectivity index (χ1v) is 3.26. The van der Waals surface area contributed by atoms with E-state index in [1.807, 2.05) is 0 Å². The van der Waals surface area contributed by atoms with Gasteiger partial charge in [0.05, 0.1) is 23.1 Å². The van der Waals surface area contributed by atoms with E-state index in [1.165, 1.54) is 6.92 Å². The van der Waals surface area contributed by atoms with E-state index in [0.717, 1.165) is 6.20 Å². The lowest BCUT2D eigenvalue weighted by molar-refractivity contribution is 0.148. The van der Waals surface area contributed by atoms with Crippen LogP contribution in [0.5, 0.6) is 5.75 Å². The Bertz CT molecular complexity index is 302. The number of nitrogen functional groups attached to an aromatic ring is 1. The van der Waals surface area contributed by atoms with Crippen molar-refractivity contribution in [3.05, 3.63) is 17.5 Å². The van der Waals surface area contributed by atoms with Crippen molar-refractivity contribution in [1.29, 1.82) is 0 Å². The van der Waals surface area contributed by atoms with Crippen molar-refractivity contribution in [3.8, 4) is 5.75 Å². The van der Waals surface area contributed by atoms with Gasteiger partial charge in [-0.3, -0.25) is 4.98 Å². The molecule has 3 nitrogen and oxygen atoms in total. The zero-order valence-corrected chi connectivity index (χ0v) is 6.38. The van der Waals surface area contributed by atoms with Gasteiger partial charge < -0.3 is 10.8 Å². The Morgan fingerprint density at radius 2 is 2.17 bits per heavy atom. The lowest BCUT2D eigenvalue weighted by atomic mass is 10.2. The van der Waals surface area contributed by atoms with Crippen molar-refractivity contribution in [3.63, 3.8) is 0 Å². The number of hydrogen-bond acceptors (Lipinski definition) is 3. The van der Waals surface area contributed by atoms with Crippen LogP contribution >= 0.6 is 0 Å². The largest absolute Gasteiger partial charge is 0.505 e. The summed E-state index contributed by atoms with van der Waals surface area (Å²) in [6.45, 7) is 1.43. The third kappa shape index (κ3) is 1.30. The first-order chi connectivity index (χ1) is 5.54. The molecule has 0 aliphatic rings. The Hall–Kier alpha value is -1.39. The van der Waals surface area contributed by atoms with E-state index in [1.54, 1.807) is 0 Å². The van der Waals surface area contributed by atoms with Gasteiger partial charge in [-0.05, 0) is 6.92 Å². The van der Waals surface area contributed by atoms with Gasteiger partial charge >= 0.3 is 0 Å². The Morgan fingerprint density at radius 3 is 2.58 bits per heavy atom. The highest BCUT2D eigenvalue weighted by Gasteiger charge is 2.18. The van der Waals surface area contributed by atoms with Crippen LogP contribution in [0.3, 0.4) is 0 Å². The zero-order valence-electron chi connectivity index (χ0n) is 6.38. The highest BCUT2D eigenvalue weighted by molar-refractivity contribution is 5.54. The van der Waals surface area contributed by atoms with Gasteiger partial charge in [-0.1, -0.05) is 0 Å². The monoisotopic (exact) mass is 174 g/mol. The zero-order chi connectivity index (χ0) is 9.30. The summed E-state index contributed by atoms with van der Waals surface area (Å²) in [5, 5.41) is 9.13. The molecule has 12 heavy (non-hydrogen) atoms. The van der Waals surface area contributed by atoms with Crippen LogP contribution in [0.2, 0.25) is 0 Å². The molecule has 1 heterocycles. The van der Waals surface area contributed by atoms with Crippen molar-refractivity contribution >= 4 is 5.69 Å². The molecular formula is C7H8F2N2O. The van der Waals surface area contributed by atoms with E-state index < -0.39 is 17.7 Å². The smallest absolute Gasteiger partial charge is 0.269 e. The summed E-state index contributed by atoms with van der Waals surface area (Å²) in [5.41, 5.74) is 4.61. The Morgan fingerprint density at radius 1 is 1.58 bits per heavy atom. The van der Waals surface area contributed by atoms with Gasteiger partial charge in [0.25, 0.3) is 6.43 Å². The van der Waals surface area contributed by atoms with Crippen LogP contribution in [0, 0.1) is 6.92 Å². The molecule has 0 bridgehead atoms. The van der Waals surface area contributed by atoms with Crippen LogP contribution < -0.4 is 5.73 Å². The van der Waals surface area contributed by atoms with Crippen molar-refractivity contribution < 1.29 is 13.9 Å². The van der Waals surface area contributed by atoms with Crippen LogP contribution in [-0.4, -0.2) is 10.1 Å². The van der Waals surface area contributed by atoms with Crippen molar-refractivity contribution in [1.82, 2.24) is 4.98 Å². The van der Waals surface area contributed by atoms with E-state index in [-0.39, 0.29) is 11.4 Å². The van der Waals surface area contributed by atoms with Gasteiger partial charge in [0.15, 0.2) is 0 Å². The molecule has 66 valence electrons. The highest BCUT2D eigenvalue weighted by Crippen LogP contribution is 2.33. The molecule has 5 heteroatoms. The third-order valence-corrected chi connectivity index (χ3v) is 1.52. The molecule has 0 aromatic carbocycles. The summed E-state index contributed by atoms with van der Waals surface area (Å²) >= 11 is 0. The van der Waals surface area contributed by atoms with Crippen LogP contribution in [0.1, 0.15) is 17.7 Å². The maximum absolute atomic E-state index is 12.2. The summed E-state index contributed by atoms with van der Waals surface area (Å²) in [7, 11) is 0. The van der Waals surface area contributed by atoms with Gasteiger partial charge in [0.2, 0.25) is 0 Å². The van der Waals surface area contributed by atoms with Crippen LogP contribution in [0.25, 0.3) is 0 Å². The number of alkyl halides is 2. The third-order valence-electron chi connectivity index (χ3n) is 1.52. The van der Waals surface area contributed by atoms with E-state index >= 15 is 0 Å². The average Bonchev–Trinajstić information content (AvgIpc) is 1.97. The predicted molar refractivity (Wildman–Crippen MR) is 40.0 cm³/mol. The van der Waals surface area contributed by atoms with Crippen molar-refractivity contribution in [2.24, 2.45) is 0 Å². The molecule has 1 rings (SSSR count). The van der Waals surface area contributed by atoms with Gasteiger partial charge in [0, 0.05) is 0 Å². The molecule has 0 spiro atoms. The SMILES string of the molecule is Cc1ncc(N)c(C(F)F)c1O. The number of aromatic nitrogens is 1. The first kappa shape index (κ1) is 8.70. The number of nitrogens with zero attached hydrogens (tertiary/aromatic N) is 1. The second-order valence-corrected chi connectivity index (χ2v) is 2.36. The summed E-state index contributed by atoms with van der Waals surface area (Å²) in [4.78, 5) is 3.61. The van der Waals surface area contributed by atoms with Crippen LogP contribution in [0.4, 0.5) is 14.5 Å². The molecule has 0 aliphatic carbocycles. The fourth-order valence-corrected chi connectivity index (χ4v) is 0.858. The molecule has 0 amide bonds. The second-order valence-electron chi connectivity index (χ2n) is 2.36. The van der Waals surface area contributed by atoms with Gasteiger partial charge in [0.1, 0.15) is 5.75 Å². The maximum Gasteiger partial charge on any atom is 0.269 e. The maximum atomic E-state index is 12.2. The lowest BCUT2D eigenvalue weighted by Crippen LogP contribution is -1.98. The van der Waals surface area contributed by atoms with E-state index in [4.69, 9.17) is 10.8 Å². The number of rotatable bonds is 1. The quantitative estimate of drug-likeness (QED) is 0.680. The molecule has 0 atom stereocenters. The minimum absolute atomic E-state index is 0.152. The molecule has 0 radical (unpaired) electrons. The van der Waals surface area contributed by atoms with E-state index in [2.05, 4.69) is 4.98 Å². The molecule has 0 aliphatic heterocycles. The number of aryl methyl sites for hydroxylation is 1. The summed E-state index contributed by atoms with van der Waals surface area (Å²) < 4.78 is 24.4. The lowest BCUT2D eigenvalue weighted by Gasteiger charge is -2.07. The molecule has 0 unspecified atom stereocenters. The summed E-state index contributed by atoms with van der Waals surface area (Å²) in [6, 6.07) is 0. The molecule has 0 saturated heterocycles. The fraction of sp³-hybridized carbons (Fsp3) is 0.286. The number of aromatic hydroxyl groups is 1. The molecule has 0 fully saturated rings. The minimum atomic E-state index is -2.77. The van der Waals surface area contributed by atoms with Gasteiger partial charge in [-0.2, -0.15) is 0 Å². The first-order valence-electron chi connectivity index (χ1n) is 3.26. The topological polar surface area (TPSA) is 59.1 Å². The summed E-state index contributed by atoms with van der Waals surface area (Å²) in [5.74, 6) is -0.523. The van der Waals surface area contributed by atoms with Crippen LogP contribution in [0.15, 0.2) is 6.20 Å². The standard InChI is InChI=1S/C7H8F2N2O/c1-3-6(12)5(7(8)9)4(10)2-11-3/h2,7,12H,10H2,1H3. The number of anilines is 1. The number of pyridine rings is 1. The average molecular weight is 174 g/mol.